The molecule has 0 saturated heterocycles. The molecule has 8 heteroatoms. The lowest BCUT2D eigenvalue weighted by Gasteiger charge is -2.06. The smallest absolute Gasteiger partial charge is 0.270 e. The van der Waals surface area contributed by atoms with Crippen molar-refractivity contribution >= 4 is 46.9 Å². The van der Waals surface area contributed by atoms with E-state index in [1.54, 1.807) is 12.1 Å². The van der Waals surface area contributed by atoms with E-state index in [1.807, 2.05) is 0 Å². The molecule has 0 bridgehead atoms. The van der Waals surface area contributed by atoms with Crippen LogP contribution in [0.1, 0.15) is 20.3 Å². The normalized spacial score (nSPS) is 10.8. The van der Waals surface area contributed by atoms with Gasteiger partial charge in [0.05, 0.1) is 10.0 Å². The van der Waals surface area contributed by atoms with Crippen LogP contribution in [0.15, 0.2) is 23.4 Å². The number of benzene rings is 1. The predicted octanol–water partition coefficient (Wildman–Crippen LogP) is 3.10. The minimum Gasteiger partial charge on any atom is -0.386 e. The highest BCUT2D eigenvalue weighted by atomic mass is 35.5. The summed E-state index contributed by atoms with van der Waals surface area (Å²) in [6, 6.07) is 4.68. The minimum atomic E-state index is -0.511. The summed E-state index contributed by atoms with van der Waals surface area (Å²) in [4.78, 5) is 27.7. The first-order chi connectivity index (χ1) is 10.9. The maximum atomic E-state index is 11.6. The molecular formula is C15H19Cl2N3O3. The molecule has 1 rings (SSSR count). The van der Waals surface area contributed by atoms with Crippen molar-refractivity contribution in [3.8, 4) is 0 Å². The first kappa shape index (κ1) is 19.3. The Balaban J connectivity index is 2.27. The van der Waals surface area contributed by atoms with Gasteiger partial charge in [0.25, 0.3) is 11.8 Å². The van der Waals surface area contributed by atoms with Gasteiger partial charge in [-0.05, 0) is 30.5 Å². The number of halogens is 2. The number of carbonyl (C=O) groups is 2. The molecule has 1 aromatic rings. The summed E-state index contributed by atoms with van der Waals surface area (Å²) < 4.78 is 0. The van der Waals surface area contributed by atoms with Crippen LogP contribution in [-0.4, -0.2) is 31.2 Å². The predicted molar refractivity (Wildman–Crippen MR) is 92.0 cm³/mol. The van der Waals surface area contributed by atoms with E-state index in [9.17, 15) is 9.59 Å². The second-order valence-electron chi connectivity index (χ2n) is 5.16. The molecule has 0 heterocycles. The zero-order valence-electron chi connectivity index (χ0n) is 12.9. The number of nitrogens with zero attached hydrogens (tertiary/aromatic N) is 1. The van der Waals surface area contributed by atoms with Gasteiger partial charge in [0.15, 0.2) is 6.61 Å². The molecule has 0 unspecified atom stereocenters. The number of oxime groups is 1. The van der Waals surface area contributed by atoms with Crippen molar-refractivity contribution in [2.24, 2.45) is 11.1 Å². The number of amides is 2. The fraction of sp³-hybridized carbons (Fsp3) is 0.400. The van der Waals surface area contributed by atoms with Gasteiger partial charge in [0, 0.05) is 12.2 Å². The number of carbonyl (C=O) groups excluding carboxylic acids is 2. The molecule has 126 valence electrons. The van der Waals surface area contributed by atoms with Crippen LogP contribution in [-0.2, 0) is 14.4 Å². The van der Waals surface area contributed by atoms with E-state index in [1.165, 1.54) is 6.07 Å². The summed E-state index contributed by atoms with van der Waals surface area (Å²) in [6.07, 6.45) is 1.82. The van der Waals surface area contributed by atoms with E-state index in [0.29, 0.717) is 28.2 Å². The molecule has 0 atom stereocenters. The summed E-state index contributed by atoms with van der Waals surface area (Å²) in [5, 5.41) is 9.38. The number of nitrogens with one attached hydrogen (secondary N) is 2. The second kappa shape index (κ2) is 10.1. The lowest BCUT2D eigenvalue weighted by atomic mass is 10.1. The van der Waals surface area contributed by atoms with Crippen LogP contribution in [0.5, 0.6) is 0 Å². The molecular weight excluding hydrogens is 341 g/mol. The average molecular weight is 360 g/mol. The molecule has 0 aliphatic rings. The molecule has 0 aromatic heterocycles. The van der Waals surface area contributed by atoms with E-state index >= 15 is 0 Å². The van der Waals surface area contributed by atoms with Crippen LogP contribution in [0.2, 0.25) is 10.0 Å². The van der Waals surface area contributed by atoms with Gasteiger partial charge in [0.1, 0.15) is 6.21 Å². The summed E-state index contributed by atoms with van der Waals surface area (Å²) in [7, 11) is 0. The van der Waals surface area contributed by atoms with Crippen LogP contribution in [0.25, 0.3) is 0 Å². The topological polar surface area (TPSA) is 79.8 Å². The van der Waals surface area contributed by atoms with Gasteiger partial charge in [-0.25, -0.2) is 0 Å². The Morgan fingerprint density at radius 1 is 1.30 bits per heavy atom. The van der Waals surface area contributed by atoms with E-state index in [-0.39, 0.29) is 12.5 Å². The van der Waals surface area contributed by atoms with Crippen molar-refractivity contribution in [3.63, 3.8) is 0 Å². The molecule has 0 aliphatic heterocycles. The zero-order chi connectivity index (χ0) is 17.2. The average Bonchev–Trinajstić information content (AvgIpc) is 2.47. The Kier molecular flexibility index (Phi) is 8.43. The molecule has 0 aliphatic carbocycles. The molecule has 0 fully saturated rings. The summed E-state index contributed by atoms with van der Waals surface area (Å²) >= 11 is 11.6. The van der Waals surface area contributed by atoms with Gasteiger partial charge in [-0.15, -0.1) is 0 Å². The standard InChI is InChI=1S/C15H19Cl2N3O3/c1-10(2)5-6-18-15(22)9-23-19-8-14(21)20-11-3-4-12(16)13(17)7-11/h3-4,7-8,10H,5-6,9H2,1-2H3,(H,18,22)(H,20,21)/b19-8-. The summed E-state index contributed by atoms with van der Waals surface area (Å²) in [5.74, 6) is -0.282. The van der Waals surface area contributed by atoms with E-state index in [2.05, 4.69) is 29.6 Å². The Labute approximate surface area is 145 Å². The fourth-order valence-electron chi connectivity index (χ4n) is 1.48. The van der Waals surface area contributed by atoms with Crippen LogP contribution in [0.4, 0.5) is 5.69 Å². The van der Waals surface area contributed by atoms with Gasteiger partial charge in [0.2, 0.25) is 0 Å². The molecule has 0 radical (unpaired) electrons. The Bertz CT molecular complexity index is 577. The molecule has 6 nitrogen and oxygen atoms in total. The van der Waals surface area contributed by atoms with Gasteiger partial charge in [-0.3, -0.25) is 9.59 Å². The monoisotopic (exact) mass is 359 g/mol. The first-order valence-electron chi connectivity index (χ1n) is 7.06. The van der Waals surface area contributed by atoms with E-state index < -0.39 is 5.91 Å². The number of hydrogen-bond acceptors (Lipinski definition) is 4. The quantitative estimate of drug-likeness (QED) is 0.552. The van der Waals surface area contributed by atoms with Crippen molar-refractivity contribution in [3.05, 3.63) is 28.2 Å². The molecule has 23 heavy (non-hydrogen) atoms. The molecule has 2 amide bonds. The van der Waals surface area contributed by atoms with Crippen molar-refractivity contribution in [2.45, 2.75) is 20.3 Å². The Morgan fingerprint density at radius 3 is 2.70 bits per heavy atom. The van der Waals surface area contributed by atoms with Crippen molar-refractivity contribution < 1.29 is 14.4 Å². The highest BCUT2D eigenvalue weighted by Gasteiger charge is 2.04. The molecule has 2 N–H and O–H groups in total. The Hall–Kier alpha value is -1.79. The largest absolute Gasteiger partial charge is 0.386 e. The minimum absolute atomic E-state index is 0.241. The van der Waals surface area contributed by atoms with E-state index in [4.69, 9.17) is 28.0 Å². The van der Waals surface area contributed by atoms with Crippen molar-refractivity contribution in [1.29, 1.82) is 0 Å². The zero-order valence-corrected chi connectivity index (χ0v) is 14.4. The maximum absolute atomic E-state index is 11.6. The molecule has 1 aromatic carbocycles. The first-order valence-corrected chi connectivity index (χ1v) is 7.82. The van der Waals surface area contributed by atoms with Gasteiger partial charge in [-0.2, -0.15) is 0 Å². The van der Waals surface area contributed by atoms with Gasteiger partial charge < -0.3 is 15.5 Å². The highest BCUT2D eigenvalue weighted by Crippen LogP contribution is 2.24. The number of hydrogen-bond donors (Lipinski definition) is 2. The second-order valence-corrected chi connectivity index (χ2v) is 5.97. The molecule has 0 spiro atoms. The van der Waals surface area contributed by atoms with E-state index in [0.717, 1.165) is 12.6 Å². The number of anilines is 1. The summed E-state index contributed by atoms with van der Waals surface area (Å²) in [5.41, 5.74) is 0.474. The third-order valence-corrected chi connectivity index (χ3v) is 3.41. The third kappa shape index (κ3) is 8.42. The van der Waals surface area contributed by atoms with Crippen molar-refractivity contribution in [2.75, 3.05) is 18.5 Å². The lowest BCUT2D eigenvalue weighted by Crippen LogP contribution is -2.28. The molecule has 0 saturated carbocycles. The van der Waals surface area contributed by atoms with Crippen LogP contribution in [0.3, 0.4) is 0 Å². The summed E-state index contributed by atoms with van der Waals surface area (Å²) in [6.45, 7) is 4.48. The number of rotatable bonds is 8. The highest BCUT2D eigenvalue weighted by molar-refractivity contribution is 6.42. The fourth-order valence-corrected chi connectivity index (χ4v) is 1.78. The lowest BCUT2D eigenvalue weighted by molar-refractivity contribution is -0.125. The Morgan fingerprint density at radius 2 is 2.04 bits per heavy atom. The third-order valence-electron chi connectivity index (χ3n) is 2.67. The SMILES string of the molecule is CC(C)CCNC(=O)CO/N=C\C(=O)Nc1ccc(Cl)c(Cl)c1. The maximum Gasteiger partial charge on any atom is 0.270 e. The van der Waals surface area contributed by atoms with Crippen LogP contribution in [0, 0.1) is 5.92 Å². The van der Waals surface area contributed by atoms with Gasteiger partial charge >= 0.3 is 0 Å². The van der Waals surface area contributed by atoms with Gasteiger partial charge in [-0.1, -0.05) is 42.2 Å². The van der Waals surface area contributed by atoms with Crippen LogP contribution < -0.4 is 10.6 Å². The van der Waals surface area contributed by atoms with Crippen molar-refractivity contribution in [1.82, 2.24) is 5.32 Å². The van der Waals surface area contributed by atoms with Crippen LogP contribution >= 0.6 is 23.2 Å².